The minimum atomic E-state index is -0.938. The summed E-state index contributed by atoms with van der Waals surface area (Å²) in [6.45, 7) is 0.199. The van der Waals surface area contributed by atoms with Crippen molar-refractivity contribution in [2.24, 2.45) is 5.11 Å². The third-order valence-electron chi connectivity index (χ3n) is 1.79. The van der Waals surface area contributed by atoms with Gasteiger partial charge < -0.3 is 0 Å². The van der Waals surface area contributed by atoms with Crippen molar-refractivity contribution < 1.29 is 8.78 Å². The van der Waals surface area contributed by atoms with Gasteiger partial charge in [-0.3, -0.25) is 0 Å². The number of hydrogen-bond acceptors (Lipinski definition) is 2. The Balaban J connectivity index is 2.87. The van der Waals surface area contributed by atoms with Gasteiger partial charge in [0.15, 0.2) is 0 Å². The van der Waals surface area contributed by atoms with Crippen LogP contribution in [0.15, 0.2) is 17.2 Å². The van der Waals surface area contributed by atoms with Gasteiger partial charge in [-0.25, -0.2) is 8.78 Å². The van der Waals surface area contributed by atoms with Gasteiger partial charge in [0.1, 0.15) is 23.3 Å². The summed E-state index contributed by atoms with van der Waals surface area (Å²) in [6.07, 6.45) is 0.299. The molecule has 1 rings (SSSR count). The standard InChI is InChI=1S/C11H6F2N4/c12-10-5-8(3-1-2-4-16-17-15)6-11(13)9(10)7-14/h5-6H,2,4H2. The van der Waals surface area contributed by atoms with Crippen LogP contribution in [-0.2, 0) is 0 Å². The molecule has 0 spiro atoms. The van der Waals surface area contributed by atoms with Crippen LogP contribution in [0.3, 0.4) is 0 Å². The van der Waals surface area contributed by atoms with Crippen molar-refractivity contribution in [1.29, 1.82) is 5.26 Å². The maximum absolute atomic E-state index is 13.1. The van der Waals surface area contributed by atoms with Crippen molar-refractivity contribution >= 4 is 0 Å². The fourth-order valence-electron chi connectivity index (χ4n) is 1.07. The summed E-state index contributed by atoms with van der Waals surface area (Å²) in [6, 6.07) is 3.40. The largest absolute Gasteiger partial charge is 0.205 e. The zero-order valence-corrected chi connectivity index (χ0v) is 8.61. The quantitative estimate of drug-likeness (QED) is 0.254. The number of nitriles is 1. The van der Waals surface area contributed by atoms with Crippen LogP contribution in [-0.4, -0.2) is 6.54 Å². The molecule has 0 aliphatic heterocycles. The molecule has 4 nitrogen and oxygen atoms in total. The molecule has 0 unspecified atom stereocenters. The van der Waals surface area contributed by atoms with E-state index in [1.165, 1.54) is 6.07 Å². The number of hydrogen-bond donors (Lipinski definition) is 0. The highest BCUT2D eigenvalue weighted by Gasteiger charge is 2.09. The summed E-state index contributed by atoms with van der Waals surface area (Å²) in [5.41, 5.74) is 7.51. The summed E-state index contributed by atoms with van der Waals surface area (Å²) < 4.78 is 26.3. The zero-order valence-electron chi connectivity index (χ0n) is 8.61. The highest BCUT2D eigenvalue weighted by atomic mass is 19.1. The number of rotatable bonds is 2. The summed E-state index contributed by atoms with van der Waals surface area (Å²) in [5.74, 6) is 3.23. The van der Waals surface area contributed by atoms with Gasteiger partial charge in [-0.2, -0.15) is 5.26 Å². The lowest BCUT2D eigenvalue weighted by molar-refractivity contribution is 0.576. The topological polar surface area (TPSA) is 72.5 Å². The predicted octanol–water partition coefficient (Wildman–Crippen LogP) is 2.89. The van der Waals surface area contributed by atoms with E-state index in [9.17, 15) is 8.78 Å². The van der Waals surface area contributed by atoms with Crippen LogP contribution < -0.4 is 0 Å². The smallest absolute Gasteiger partial charge is 0.145 e. The van der Waals surface area contributed by atoms with Gasteiger partial charge in [0.05, 0.1) is 0 Å². The first kappa shape index (κ1) is 12.5. The molecule has 0 bridgehead atoms. The molecule has 0 heterocycles. The third kappa shape index (κ3) is 3.49. The molecule has 0 aromatic heterocycles. The molecule has 0 amide bonds. The molecule has 0 aliphatic carbocycles. The lowest BCUT2D eigenvalue weighted by atomic mass is 10.1. The SMILES string of the molecule is N#Cc1c(F)cc(C#CCCN=[N+]=[N-])cc1F. The Morgan fingerprint density at radius 1 is 1.35 bits per heavy atom. The maximum Gasteiger partial charge on any atom is 0.145 e. The number of halogens is 2. The van der Waals surface area contributed by atoms with Crippen LogP contribution in [0.2, 0.25) is 0 Å². The van der Waals surface area contributed by atoms with Crippen molar-refractivity contribution in [2.45, 2.75) is 6.42 Å². The zero-order chi connectivity index (χ0) is 12.7. The van der Waals surface area contributed by atoms with Gasteiger partial charge in [0, 0.05) is 23.4 Å². The summed E-state index contributed by atoms with van der Waals surface area (Å²) in [4.78, 5) is 2.53. The molecule has 84 valence electrons. The highest BCUT2D eigenvalue weighted by molar-refractivity contribution is 5.42. The van der Waals surface area contributed by atoms with E-state index in [1.54, 1.807) is 0 Å². The van der Waals surface area contributed by atoms with Gasteiger partial charge in [-0.1, -0.05) is 17.0 Å². The van der Waals surface area contributed by atoms with E-state index in [2.05, 4.69) is 21.9 Å². The normalized spacial score (nSPS) is 8.53. The predicted molar refractivity (Wildman–Crippen MR) is 56.6 cm³/mol. The van der Waals surface area contributed by atoms with Gasteiger partial charge >= 0.3 is 0 Å². The Morgan fingerprint density at radius 2 is 2.00 bits per heavy atom. The molecule has 1 aromatic carbocycles. The summed E-state index contributed by atoms with van der Waals surface area (Å²) in [5, 5.41) is 11.7. The molecule has 0 saturated heterocycles. The molecule has 17 heavy (non-hydrogen) atoms. The molecular weight excluding hydrogens is 226 g/mol. The lowest BCUT2D eigenvalue weighted by Crippen LogP contribution is -1.91. The fraction of sp³-hybridized carbons (Fsp3) is 0.182. The molecule has 1 aromatic rings. The number of benzene rings is 1. The first-order valence-corrected chi connectivity index (χ1v) is 4.58. The minimum absolute atomic E-state index is 0.139. The summed E-state index contributed by atoms with van der Waals surface area (Å²) in [7, 11) is 0. The van der Waals surface area contributed by atoms with Crippen LogP contribution in [0.4, 0.5) is 8.78 Å². The van der Waals surface area contributed by atoms with Gasteiger partial charge in [-0.15, -0.1) is 0 Å². The Morgan fingerprint density at radius 3 is 2.53 bits per heavy atom. The average molecular weight is 232 g/mol. The average Bonchev–Trinajstić information content (AvgIpc) is 2.28. The molecule has 0 radical (unpaired) electrons. The van der Waals surface area contributed by atoms with Crippen molar-refractivity contribution in [2.75, 3.05) is 6.54 Å². The lowest BCUT2D eigenvalue weighted by Gasteiger charge is -1.96. The second-order valence-electron chi connectivity index (χ2n) is 2.93. The van der Waals surface area contributed by atoms with E-state index in [1.807, 2.05) is 0 Å². The Labute approximate surface area is 96.1 Å². The van der Waals surface area contributed by atoms with Crippen molar-refractivity contribution in [3.63, 3.8) is 0 Å². The molecular formula is C11H6F2N4. The summed E-state index contributed by atoms with van der Waals surface area (Å²) >= 11 is 0. The first-order valence-electron chi connectivity index (χ1n) is 4.58. The number of azide groups is 1. The van der Waals surface area contributed by atoms with Crippen LogP contribution >= 0.6 is 0 Å². The Bertz CT molecular complexity index is 548. The van der Waals surface area contributed by atoms with Crippen LogP contribution in [0.5, 0.6) is 0 Å². The fourth-order valence-corrected chi connectivity index (χ4v) is 1.07. The van der Waals surface area contributed by atoms with Gasteiger partial charge in [0.25, 0.3) is 0 Å². The molecule has 0 atom stereocenters. The van der Waals surface area contributed by atoms with Crippen LogP contribution in [0, 0.1) is 34.8 Å². The molecule has 6 heteroatoms. The third-order valence-corrected chi connectivity index (χ3v) is 1.79. The van der Waals surface area contributed by atoms with Gasteiger partial charge in [0.2, 0.25) is 0 Å². The Kier molecular flexibility index (Phi) is 4.50. The van der Waals surface area contributed by atoms with Gasteiger partial charge in [-0.05, 0) is 17.7 Å². The molecule has 0 aliphatic rings. The van der Waals surface area contributed by atoms with E-state index in [0.717, 1.165) is 12.1 Å². The second kappa shape index (κ2) is 6.12. The van der Waals surface area contributed by atoms with Crippen LogP contribution in [0.25, 0.3) is 10.4 Å². The monoisotopic (exact) mass is 232 g/mol. The second-order valence-corrected chi connectivity index (χ2v) is 2.93. The van der Waals surface area contributed by atoms with Crippen molar-refractivity contribution in [1.82, 2.24) is 0 Å². The van der Waals surface area contributed by atoms with E-state index in [4.69, 9.17) is 10.8 Å². The molecule has 0 N–H and O–H groups in total. The van der Waals surface area contributed by atoms with E-state index in [0.29, 0.717) is 6.42 Å². The van der Waals surface area contributed by atoms with E-state index in [-0.39, 0.29) is 12.1 Å². The van der Waals surface area contributed by atoms with Crippen LogP contribution in [0.1, 0.15) is 17.5 Å². The van der Waals surface area contributed by atoms with Crippen molar-refractivity contribution in [3.8, 4) is 17.9 Å². The molecule has 0 fully saturated rings. The number of nitrogens with zero attached hydrogens (tertiary/aromatic N) is 4. The minimum Gasteiger partial charge on any atom is -0.205 e. The van der Waals surface area contributed by atoms with E-state index >= 15 is 0 Å². The van der Waals surface area contributed by atoms with Crippen molar-refractivity contribution in [3.05, 3.63) is 45.3 Å². The first-order chi connectivity index (χ1) is 8.19. The highest BCUT2D eigenvalue weighted by Crippen LogP contribution is 2.13. The van der Waals surface area contributed by atoms with E-state index < -0.39 is 17.2 Å². The maximum atomic E-state index is 13.1. The Hall–Kier alpha value is -2.56. The molecule has 0 saturated carbocycles.